The lowest BCUT2D eigenvalue weighted by Gasteiger charge is -1.88. The first-order chi connectivity index (χ1) is 5.29. The van der Waals surface area contributed by atoms with Gasteiger partial charge in [-0.25, -0.2) is 9.97 Å². The highest BCUT2D eigenvalue weighted by Gasteiger charge is 1.98. The van der Waals surface area contributed by atoms with Crippen LogP contribution in [0.15, 0.2) is 18.6 Å². The molecule has 10 heavy (non-hydrogen) atoms. The summed E-state index contributed by atoms with van der Waals surface area (Å²) in [6.07, 6.45) is 2.89. The van der Waals surface area contributed by atoms with E-state index in [9.17, 15) is 0 Å². The molecule has 4 heteroatoms. The summed E-state index contributed by atoms with van der Waals surface area (Å²) in [5, 5.41) is 0.899. The minimum absolute atomic E-state index is 0.321. The third-order valence-electron chi connectivity index (χ3n) is 1.23. The van der Waals surface area contributed by atoms with Crippen LogP contribution < -0.4 is 0 Å². The van der Waals surface area contributed by atoms with Gasteiger partial charge in [0.15, 0.2) is 0 Å². The number of H-pyrrole nitrogens is 1. The second-order valence-electron chi connectivity index (χ2n) is 1.82. The third-order valence-corrected chi connectivity index (χ3v) is 1.51. The summed E-state index contributed by atoms with van der Waals surface area (Å²) in [6, 6.07) is 0.325. The molecule has 50 valence electrons. The van der Waals surface area contributed by atoms with E-state index in [1.165, 1.54) is 12.5 Å². The van der Waals surface area contributed by atoms with Crippen molar-refractivity contribution in [3.05, 3.63) is 23.7 Å². The first-order valence-corrected chi connectivity index (χ1v) is 3.11. The third kappa shape index (κ3) is 0.675. The quantitative estimate of drug-likeness (QED) is 0.586. The first-order valence-electron chi connectivity index (χ1n) is 3.23. The molecular weight excluding hydrogens is 150 g/mol. The number of nitrogens with one attached hydrogen (secondary N) is 1. The average molecular weight is 155 g/mol. The van der Waals surface area contributed by atoms with Crippen LogP contribution in [0, 0.1) is 0 Å². The Morgan fingerprint density at radius 3 is 3.30 bits per heavy atom. The van der Waals surface area contributed by atoms with Crippen molar-refractivity contribution in [2.75, 3.05) is 0 Å². The molecule has 0 bridgehead atoms. The Morgan fingerprint density at radius 2 is 2.50 bits per heavy atom. The molecule has 2 aromatic rings. The maximum atomic E-state index is 7.39. The SMILES string of the molecule is [2H]c1c[nH]c2ncnc(Cl)c12. The minimum atomic E-state index is 0.321. The smallest absolute Gasteiger partial charge is 0.142 e. The van der Waals surface area contributed by atoms with E-state index >= 15 is 0 Å². The molecule has 0 amide bonds. The Bertz CT molecular complexity index is 398. The highest BCUT2D eigenvalue weighted by atomic mass is 35.5. The molecule has 0 unspecified atom stereocenters. The fourth-order valence-electron chi connectivity index (χ4n) is 0.778. The van der Waals surface area contributed by atoms with E-state index in [1.807, 2.05) is 0 Å². The van der Waals surface area contributed by atoms with Crippen LogP contribution in [-0.2, 0) is 0 Å². The van der Waals surface area contributed by atoms with Gasteiger partial charge in [-0.1, -0.05) is 11.6 Å². The molecule has 0 aliphatic heterocycles. The lowest BCUT2D eigenvalue weighted by atomic mass is 10.4. The largest absolute Gasteiger partial charge is 0.346 e. The Morgan fingerprint density at radius 1 is 1.60 bits per heavy atom. The molecule has 0 saturated heterocycles. The second kappa shape index (κ2) is 1.95. The standard InChI is InChI=1S/C6H4ClN3/c7-5-4-1-2-8-6(4)10-3-9-5/h1-3H,(H,8,9,10)/i1D. The monoisotopic (exact) mass is 154 g/mol. The molecule has 3 nitrogen and oxygen atoms in total. The van der Waals surface area contributed by atoms with Gasteiger partial charge in [0.2, 0.25) is 0 Å². The van der Waals surface area contributed by atoms with Gasteiger partial charge in [-0.05, 0) is 6.04 Å². The Kier molecular flexibility index (Phi) is 0.914. The number of nitrogens with zero attached hydrogens (tertiary/aromatic N) is 2. The molecule has 0 fully saturated rings. The lowest BCUT2D eigenvalue weighted by molar-refractivity contribution is 1.20. The Hall–Kier alpha value is -1.09. The molecule has 0 aliphatic rings. The number of aromatic nitrogens is 3. The van der Waals surface area contributed by atoms with Crippen molar-refractivity contribution in [1.82, 2.24) is 15.0 Å². The zero-order valence-corrected chi connectivity index (χ0v) is 5.68. The van der Waals surface area contributed by atoms with E-state index in [1.54, 1.807) is 0 Å². The lowest BCUT2D eigenvalue weighted by Crippen LogP contribution is -1.79. The van der Waals surface area contributed by atoms with Crippen LogP contribution in [0.2, 0.25) is 5.15 Å². The Labute approximate surface area is 63.5 Å². The summed E-state index contributed by atoms with van der Waals surface area (Å²) in [4.78, 5) is 10.5. The summed E-state index contributed by atoms with van der Waals surface area (Å²) >= 11 is 5.71. The maximum Gasteiger partial charge on any atom is 0.142 e. The van der Waals surface area contributed by atoms with Crippen molar-refractivity contribution in [2.45, 2.75) is 0 Å². The molecule has 2 heterocycles. The molecule has 0 aromatic carbocycles. The van der Waals surface area contributed by atoms with Crippen molar-refractivity contribution in [3.8, 4) is 0 Å². The molecular formula is C6H4ClN3. The molecule has 0 saturated carbocycles. The summed E-state index contributed by atoms with van der Waals surface area (Å²) in [6.45, 7) is 0. The van der Waals surface area contributed by atoms with Gasteiger partial charge in [0.05, 0.1) is 6.76 Å². The predicted molar refractivity (Wildman–Crippen MR) is 38.9 cm³/mol. The normalized spacial score (nSPS) is 11.9. The van der Waals surface area contributed by atoms with Gasteiger partial charge in [-0.2, -0.15) is 0 Å². The van der Waals surface area contributed by atoms with Gasteiger partial charge in [-0.3, -0.25) is 0 Å². The van der Waals surface area contributed by atoms with E-state index < -0.39 is 0 Å². The number of aromatic amines is 1. The van der Waals surface area contributed by atoms with Gasteiger partial charge in [0, 0.05) is 6.20 Å². The fraction of sp³-hybridized carbons (Fsp3) is 0. The minimum Gasteiger partial charge on any atom is -0.346 e. The van der Waals surface area contributed by atoms with Crippen LogP contribution >= 0.6 is 11.6 Å². The van der Waals surface area contributed by atoms with Gasteiger partial charge in [-0.15, -0.1) is 0 Å². The molecule has 0 radical (unpaired) electrons. The van der Waals surface area contributed by atoms with E-state index in [2.05, 4.69) is 15.0 Å². The molecule has 2 aromatic heterocycles. The van der Waals surface area contributed by atoms with Crippen LogP contribution in [0.4, 0.5) is 0 Å². The maximum absolute atomic E-state index is 7.39. The van der Waals surface area contributed by atoms with E-state index in [0.717, 1.165) is 0 Å². The summed E-state index contributed by atoms with van der Waals surface area (Å²) in [5.41, 5.74) is 0.606. The zero-order valence-electron chi connectivity index (χ0n) is 5.93. The molecule has 1 N–H and O–H groups in total. The number of fused-ring (bicyclic) bond motifs is 1. The van der Waals surface area contributed by atoms with Crippen molar-refractivity contribution in [1.29, 1.82) is 0 Å². The van der Waals surface area contributed by atoms with Crippen molar-refractivity contribution in [3.63, 3.8) is 0 Å². The van der Waals surface area contributed by atoms with Gasteiger partial charge in [0.25, 0.3) is 0 Å². The number of hydrogen-bond donors (Lipinski definition) is 1. The fourth-order valence-corrected chi connectivity index (χ4v) is 0.966. The first kappa shape index (κ1) is 4.68. The number of rotatable bonds is 0. The van der Waals surface area contributed by atoms with Gasteiger partial charge in [0.1, 0.15) is 17.1 Å². The topological polar surface area (TPSA) is 41.6 Å². The molecule has 0 atom stereocenters. The average Bonchev–Trinajstić information content (AvgIpc) is 2.34. The van der Waals surface area contributed by atoms with Crippen LogP contribution in [0.3, 0.4) is 0 Å². The summed E-state index contributed by atoms with van der Waals surface area (Å²) < 4.78 is 7.39. The van der Waals surface area contributed by atoms with Crippen LogP contribution in [0.25, 0.3) is 11.0 Å². The highest BCUT2D eigenvalue weighted by molar-refractivity contribution is 6.33. The zero-order chi connectivity index (χ0) is 7.84. The van der Waals surface area contributed by atoms with Gasteiger partial charge < -0.3 is 4.98 Å². The van der Waals surface area contributed by atoms with Gasteiger partial charge >= 0.3 is 0 Å². The van der Waals surface area contributed by atoms with E-state index in [-0.39, 0.29) is 0 Å². The van der Waals surface area contributed by atoms with Crippen LogP contribution in [-0.4, -0.2) is 15.0 Å². The van der Waals surface area contributed by atoms with E-state index in [4.69, 9.17) is 13.0 Å². The summed E-state index contributed by atoms with van der Waals surface area (Å²) in [7, 11) is 0. The predicted octanol–water partition coefficient (Wildman–Crippen LogP) is 1.61. The number of halogens is 1. The van der Waals surface area contributed by atoms with E-state index in [0.29, 0.717) is 22.2 Å². The second-order valence-corrected chi connectivity index (χ2v) is 2.18. The van der Waals surface area contributed by atoms with Crippen LogP contribution in [0.1, 0.15) is 1.37 Å². The summed E-state index contributed by atoms with van der Waals surface area (Å²) in [5.74, 6) is 0. The van der Waals surface area contributed by atoms with Crippen molar-refractivity contribution in [2.24, 2.45) is 0 Å². The molecule has 0 aliphatic carbocycles. The Balaban J connectivity index is 2.96. The molecule has 0 spiro atoms. The number of hydrogen-bond acceptors (Lipinski definition) is 2. The van der Waals surface area contributed by atoms with Crippen molar-refractivity contribution >= 4 is 22.6 Å². The van der Waals surface area contributed by atoms with Crippen molar-refractivity contribution < 1.29 is 1.37 Å². The molecule has 2 rings (SSSR count). The van der Waals surface area contributed by atoms with Crippen LogP contribution in [0.5, 0.6) is 0 Å². The highest BCUT2D eigenvalue weighted by Crippen LogP contribution is 2.16.